The van der Waals surface area contributed by atoms with Crippen LogP contribution in [0.5, 0.6) is 0 Å². The van der Waals surface area contributed by atoms with E-state index in [9.17, 15) is 9.18 Å². The predicted octanol–water partition coefficient (Wildman–Crippen LogP) is 4.27. The highest BCUT2D eigenvalue weighted by molar-refractivity contribution is 7.10. The molecule has 0 N–H and O–H groups in total. The molecule has 0 fully saturated rings. The number of carbonyl (C=O) groups is 1. The maximum atomic E-state index is 12.9. The quantitative estimate of drug-likeness (QED) is 0.760. The number of Topliss-reactive ketones (excluding diaryl/α,β-unsaturated/α-hetero) is 1. The molecule has 0 bridgehead atoms. The van der Waals surface area contributed by atoms with Crippen LogP contribution in [0.2, 0.25) is 5.02 Å². The van der Waals surface area contributed by atoms with E-state index in [1.54, 1.807) is 12.1 Å². The van der Waals surface area contributed by atoms with E-state index in [4.69, 9.17) is 11.6 Å². The van der Waals surface area contributed by atoms with Gasteiger partial charge in [-0.05, 0) is 36.1 Å². The Morgan fingerprint density at radius 1 is 1.41 bits per heavy atom. The molecule has 1 nitrogen and oxygen atoms in total. The Morgan fingerprint density at radius 2 is 2.18 bits per heavy atom. The fourth-order valence-corrected chi connectivity index (χ4v) is 2.56. The molecule has 88 valence electrons. The molecule has 0 saturated heterocycles. The van der Waals surface area contributed by atoms with Crippen molar-refractivity contribution in [1.29, 1.82) is 0 Å². The van der Waals surface area contributed by atoms with Gasteiger partial charge in [0.25, 0.3) is 0 Å². The third kappa shape index (κ3) is 2.73. The Bertz CT molecular complexity index is 562. The Labute approximate surface area is 108 Å². The van der Waals surface area contributed by atoms with Gasteiger partial charge in [-0.3, -0.25) is 4.79 Å². The van der Waals surface area contributed by atoms with Crippen LogP contribution in [0.3, 0.4) is 0 Å². The van der Waals surface area contributed by atoms with Crippen LogP contribution < -0.4 is 0 Å². The van der Waals surface area contributed by atoms with Crippen molar-refractivity contribution < 1.29 is 9.18 Å². The highest BCUT2D eigenvalue weighted by Crippen LogP contribution is 2.22. The summed E-state index contributed by atoms with van der Waals surface area (Å²) in [7, 11) is 0. The van der Waals surface area contributed by atoms with Crippen LogP contribution in [0.4, 0.5) is 4.39 Å². The van der Waals surface area contributed by atoms with Crippen LogP contribution in [0.1, 0.15) is 20.8 Å². The van der Waals surface area contributed by atoms with Crippen molar-refractivity contribution in [2.24, 2.45) is 0 Å². The average Bonchev–Trinajstić information content (AvgIpc) is 2.68. The number of hydrogen-bond donors (Lipinski definition) is 0. The lowest BCUT2D eigenvalue weighted by Gasteiger charge is -2.03. The van der Waals surface area contributed by atoms with Crippen LogP contribution in [-0.2, 0) is 6.42 Å². The van der Waals surface area contributed by atoms with Crippen LogP contribution in [-0.4, -0.2) is 5.78 Å². The van der Waals surface area contributed by atoms with E-state index in [1.165, 1.54) is 23.5 Å². The molecule has 2 rings (SSSR count). The standard InChI is InChI=1S/C13H10ClFOS/c1-8-11(4-5-17-8)13(16)6-9-2-3-10(15)7-12(9)14/h2-5,7H,6H2,1H3. The molecule has 0 spiro atoms. The molecule has 0 atom stereocenters. The van der Waals surface area contributed by atoms with Gasteiger partial charge in [0.1, 0.15) is 5.82 Å². The van der Waals surface area contributed by atoms with Gasteiger partial charge in [-0.25, -0.2) is 4.39 Å². The number of ketones is 1. The van der Waals surface area contributed by atoms with Crippen molar-refractivity contribution >= 4 is 28.7 Å². The first-order valence-corrected chi connectivity index (χ1v) is 6.35. The molecular formula is C13H10ClFOS. The third-order valence-corrected chi connectivity index (χ3v) is 3.72. The topological polar surface area (TPSA) is 17.1 Å². The molecule has 2 aromatic rings. The van der Waals surface area contributed by atoms with Crippen LogP contribution >= 0.6 is 22.9 Å². The second-order valence-electron chi connectivity index (χ2n) is 3.73. The normalized spacial score (nSPS) is 10.5. The first-order valence-electron chi connectivity index (χ1n) is 5.09. The molecule has 1 aromatic carbocycles. The molecule has 0 aliphatic carbocycles. The zero-order valence-electron chi connectivity index (χ0n) is 9.17. The van der Waals surface area contributed by atoms with E-state index in [-0.39, 0.29) is 12.2 Å². The van der Waals surface area contributed by atoms with Crippen molar-refractivity contribution in [2.45, 2.75) is 13.3 Å². The lowest BCUT2D eigenvalue weighted by atomic mass is 10.0. The van der Waals surface area contributed by atoms with E-state index in [0.29, 0.717) is 10.6 Å². The molecule has 0 radical (unpaired) electrons. The van der Waals surface area contributed by atoms with E-state index in [1.807, 2.05) is 12.3 Å². The fraction of sp³-hybridized carbons (Fsp3) is 0.154. The van der Waals surface area contributed by atoms with Crippen LogP contribution in [0, 0.1) is 12.7 Å². The summed E-state index contributed by atoms with van der Waals surface area (Å²) < 4.78 is 12.9. The summed E-state index contributed by atoms with van der Waals surface area (Å²) in [5, 5.41) is 2.18. The van der Waals surface area contributed by atoms with E-state index in [2.05, 4.69) is 0 Å². The maximum absolute atomic E-state index is 12.9. The molecule has 4 heteroatoms. The molecular weight excluding hydrogens is 259 g/mol. The monoisotopic (exact) mass is 268 g/mol. The van der Waals surface area contributed by atoms with E-state index in [0.717, 1.165) is 10.4 Å². The molecule has 0 aliphatic rings. The van der Waals surface area contributed by atoms with Gasteiger partial charge in [0.2, 0.25) is 0 Å². The van der Waals surface area contributed by atoms with Crippen molar-refractivity contribution in [2.75, 3.05) is 0 Å². The Hall–Kier alpha value is -1.19. The first kappa shape index (κ1) is 12.3. The summed E-state index contributed by atoms with van der Waals surface area (Å²) in [6, 6.07) is 5.90. The number of hydrogen-bond acceptors (Lipinski definition) is 2. The summed E-state index contributed by atoms with van der Waals surface area (Å²) in [5.41, 5.74) is 1.37. The smallest absolute Gasteiger partial charge is 0.168 e. The molecule has 1 aromatic heterocycles. The minimum absolute atomic E-state index is 0.0114. The number of aryl methyl sites for hydroxylation is 1. The molecule has 17 heavy (non-hydrogen) atoms. The second-order valence-corrected chi connectivity index (χ2v) is 5.25. The largest absolute Gasteiger partial charge is 0.294 e. The van der Waals surface area contributed by atoms with Crippen molar-refractivity contribution in [3.05, 3.63) is 56.5 Å². The summed E-state index contributed by atoms with van der Waals surface area (Å²) >= 11 is 7.42. The van der Waals surface area contributed by atoms with Crippen LogP contribution in [0.25, 0.3) is 0 Å². The summed E-state index contributed by atoms with van der Waals surface area (Å²) in [4.78, 5) is 13.0. The molecule has 0 unspecified atom stereocenters. The SMILES string of the molecule is Cc1sccc1C(=O)Cc1ccc(F)cc1Cl. The summed E-state index contributed by atoms with van der Waals surface area (Å²) in [6.45, 7) is 1.91. The maximum Gasteiger partial charge on any atom is 0.168 e. The van der Waals surface area contributed by atoms with Gasteiger partial charge in [-0.2, -0.15) is 0 Å². The predicted molar refractivity (Wildman–Crippen MR) is 68.5 cm³/mol. The molecule has 0 saturated carbocycles. The lowest BCUT2D eigenvalue weighted by molar-refractivity contribution is 0.0993. The van der Waals surface area contributed by atoms with Gasteiger partial charge in [0.15, 0.2) is 5.78 Å². The number of rotatable bonds is 3. The Morgan fingerprint density at radius 3 is 2.76 bits per heavy atom. The molecule has 1 heterocycles. The zero-order valence-corrected chi connectivity index (χ0v) is 10.7. The summed E-state index contributed by atoms with van der Waals surface area (Å²) in [6.07, 6.45) is 0.205. The van der Waals surface area contributed by atoms with Gasteiger partial charge in [-0.15, -0.1) is 11.3 Å². The van der Waals surface area contributed by atoms with E-state index < -0.39 is 5.82 Å². The average molecular weight is 269 g/mol. The van der Waals surface area contributed by atoms with Crippen molar-refractivity contribution in [1.82, 2.24) is 0 Å². The lowest BCUT2D eigenvalue weighted by Crippen LogP contribution is -2.04. The van der Waals surface area contributed by atoms with Gasteiger partial charge < -0.3 is 0 Å². The Balaban J connectivity index is 2.22. The Kier molecular flexibility index (Phi) is 3.60. The number of benzene rings is 1. The van der Waals surface area contributed by atoms with Crippen molar-refractivity contribution in [3.63, 3.8) is 0 Å². The van der Waals surface area contributed by atoms with Crippen LogP contribution in [0.15, 0.2) is 29.6 Å². The first-order chi connectivity index (χ1) is 8.08. The van der Waals surface area contributed by atoms with Gasteiger partial charge in [0.05, 0.1) is 0 Å². The zero-order chi connectivity index (χ0) is 12.4. The molecule has 0 amide bonds. The van der Waals surface area contributed by atoms with Crippen molar-refractivity contribution in [3.8, 4) is 0 Å². The highest BCUT2D eigenvalue weighted by Gasteiger charge is 2.12. The van der Waals surface area contributed by atoms with Gasteiger partial charge in [0, 0.05) is 21.9 Å². The number of carbonyl (C=O) groups excluding carboxylic acids is 1. The minimum Gasteiger partial charge on any atom is -0.294 e. The van der Waals surface area contributed by atoms with Gasteiger partial charge >= 0.3 is 0 Å². The fourth-order valence-electron chi connectivity index (χ4n) is 1.61. The third-order valence-electron chi connectivity index (χ3n) is 2.53. The second kappa shape index (κ2) is 4.98. The number of halogens is 2. The summed E-state index contributed by atoms with van der Waals surface area (Å²) in [5.74, 6) is -0.379. The van der Waals surface area contributed by atoms with Gasteiger partial charge in [-0.1, -0.05) is 17.7 Å². The molecule has 0 aliphatic heterocycles. The van der Waals surface area contributed by atoms with E-state index >= 15 is 0 Å². The minimum atomic E-state index is -0.391. The number of thiophene rings is 1. The highest BCUT2D eigenvalue weighted by atomic mass is 35.5.